The predicted molar refractivity (Wildman–Crippen MR) is 70.0 cm³/mol. The first-order chi connectivity index (χ1) is 8.99. The fourth-order valence-electron chi connectivity index (χ4n) is 1.90. The number of aromatic nitrogens is 4. The van der Waals surface area contributed by atoms with Crippen LogP contribution < -0.4 is 5.32 Å². The van der Waals surface area contributed by atoms with Gasteiger partial charge < -0.3 is 10.4 Å². The van der Waals surface area contributed by atoms with Crippen LogP contribution in [0.15, 0.2) is 12.4 Å². The summed E-state index contributed by atoms with van der Waals surface area (Å²) in [6.07, 6.45) is 3.86. The molecule has 0 aliphatic rings. The predicted octanol–water partition coefficient (Wildman–Crippen LogP) is 1.34. The molecule has 2 aromatic rings. The van der Waals surface area contributed by atoms with Crippen LogP contribution in [-0.2, 0) is 4.79 Å². The fourth-order valence-corrected chi connectivity index (χ4v) is 1.90. The molecule has 19 heavy (non-hydrogen) atoms. The summed E-state index contributed by atoms with van der Waals surface area (Å²) < 4.78 is 1.77. The zero-order valence-electron chi connectivity index (χ0n) is 11.2. The molecule has 2 heterocycles. The number of fused-ring (bicyclic) bond motifs is 1. The molecule has 0 radical (unpaired) electrons. The number of carboxylic acids is 1. The van der Waals surface area contributed by atoms with Crippen molar-refractivity contribution in [2.45, 2.75) is 33.2 Å². The van der Waals surface area contributed by atoms with Gasteiger partial charge in [0.1, 0.15) is 11.9 Å². The van der Waals surface area contributed by atoms with Crippen molar-refractivity contribution in [3.8, 4) is 0 Å². The second-order valence-electron chi connectivity index (χ2n) is 4.88. The van der Waals surface area contributed by atoms with E-state index >= 15 is 0 Å². The molecule has 0 saturated heterocycles. The van der Waals surface area contributed by atoms with Gasteiger partial charge in [0.25, 0.3) is 0 Å². The van der Waals surface area contributed by atoms with Gasteiger partial charge in [-0.3, -0.25) is 4.40 Å². The van der Waals surface area contributed by atoms with Crippen LogP contribution in [0.1, 0.15) is 26.1 Å². The van der Waals surface area contributed by atoms with Crippen LogP contribution in [0.2, 0.25) is 0 Å². The van der Waals surface area contributed by atoms with Crippen molar-refractivity contribution in [2.24, 2.45) is 5.92 Å². The summed E-state index contributed by atoms with van der Waals surface area (Å²) in [4.78, 5) is 15.4. The summed E-state index contributed by atoms with van der Waals surface area (Å²) in [5.41, 5.74) is 0.537. The normalized spacial score (nSPS) is 12.8. The maximum absolute atomic E-state index is 11.2. The topological polar surface area (TPSA) is 92.4 Å². The maximum Gasteiger partial charge on any atom is 0.326 e. The van der Waals surface area contributed by atoms with E-state index in [0.717, 1.165) is 5.82 Å². The highest BCUT2D eigenvalue weighted by Crippen LogP contribution is 2.16. The molecule has 102 valence electrons. The molecule has 2 rings (SSSR count). The van der Waals surface area contributed by atoms with Gasteiger partial charge in [0.15, 0.2) is 5.82 Å². The molecular weight excluding hydrogens is 246 g/mol. The highest BCUT2D eigenvalue weighted by atomic mass is 16.4. The monoisotopic (exact) mass is 263 g/mol. The number of rotatable bonds is 5. The van der Waals surface area contributed by atoms with Crippen LogP contribution in [0.5, 0.6) is 0 Å². The number of aryl methyl sites for hydroxylation is 1. The average Bonchev–Trinajstić information content (AvgIpc) is 2.71. The van der Waals surface area contributed by atoms with E-state index in [-0.39, 0.29) is 5.92 Å². The second kappa shape index (κ2) is 5.21. The van der Waals surface area contributed by atoms with E-state index in [1.165, 1.54) is 0 Å². The zero-order chi connectivity index (χ0) is 14.0. The van der Waals surface area contributed by atoms with Crippen LogP contribution >= 0.6 is 0 Å². The molecule has 0 bridgehead atoms. The fraction of sp³-hybridized carbons (Fsp3) is 0.500. The minimum Gasteiger partial charge on any atom is -0.480 e. The molecule has 1 unspecified atom stereocenters. The van der Waals surface area contributed by atoms with E-state index in [2.05, 4.69) is 20.5 Å². The first kappa shape index (κ1) is 13.3. The van der Waals surface area contributed by atoms with Crippen molar-refractivity contribution >= 4 is 17.4 Å². The number of aliphatic carboxylic acids is 1. The van der Waals surface area contributed by atoms with E-state index in [4.69, 9.17) is 0 Å². The summed E-state index contributed by atoms with van der Waals surface area (Å²) in [6.45, 7) is 5.78. The first-order valence-electron chi connectivity index (χ1n) is 6.14. The third-order valence-electron chi connectivity index (χ3n) is 2.81. The van der Waals surface area contributed by atoms with Crippen molar-refractivity contribution in [1.82, 2.24) is 19.6 Å². The van der Waals surface area contributed by atoms with Gasteiger partial charge in [-0.2, -0.15) is 0 Å². The Kier molecular flexibility index (Phi) is 3.64. The Hall–Kier alpha value is -2.18. The van der Waals surface area contributed by atoms with Crippen LogP contribution in [0.4, 0.5) is 5.82 Å². The van der Waals surface area contributed by atoms with E-state index in [1.54, 1.807) is 16.8 Å². The molecule has 7 heteroatoms. The van der Waals surface area contributed by atoms with Gasteiger partial charge in [0.2, 0.25) is 5.65 Å². The van der Waals surface area contributed by atoms with E-state index in [9.17, 15) is 9.90 Å². The summed E-state index contributed by atoms with van der Waals surface area (Å²) >= 11 is 0. The van der Waals surface area contributed by atoms with Gasteiger partial charge in [-0.05, 0) is 19.3 Å². The Bertz CT molecular complexity index is 593. The van der Waals surface area contributed by atoms with Gasteiger partial charge in [-0.25, -0.2) is 9.78 Å². The summed E-state index contributed by atoms with van der Waals surface area (Å²) in [6, 6.07) is -0.685. The Labute approximate surface area is 110 Å². The lowest BCUT2D eigenvalue weighted by molar-refractivity contribution is -0.138. The van der Waals surface area contributed by atoms with Gasteiger partial charge in [0.05, 0.1) is 0 Å². The number of anilines is 1. The lowest BCUT2D eigenvalue weighted by Crippen LogP contribution is -2.31. The smallest absolute Gasteiger partial charge is 0.326 e. The summed E-state index contributed by atoms with van der Waals surface area (Å²) in [5.74, 6) is 0.550. The van der Waals surface area contributed by atoms with Crippen molar-refractivity contribution in [1.29, 1.82) is 0 Å². The molecule has 0 amide bonds. The quantitative estimate of drug-likeness (QED) is 0.845. The molecule has 0 aliphatic heterocycles. The van der Waals surface area contributed by atoms with Gasteiger partial charge >= 0.3 is 5.97 Å². The molecule has 0 spiro atoms. The van der Waals surface area contributed by atoms with Crippen molar-refractivity contribution < 1.29 is 9.90 Å². The van der Waals surface area contributed by atoms with Crippen molar-refractivity contribution in [3.63, 3.8) is 0 Å². The van der Waals surface area contributed by atoms with Gasteiger partial charge in [-0.1, -0.05) is 13.8 Å². The van der Waals surface area contributed by atoms with E-state index < -0.39 is 12.0 Å². The molecule has 0 fully saturated rings. The Balaban J connectivity index is 2.31. The molecule has 0 saturated carbocycles. The molecule has 1 atom stereocenters. The number of hydrogen-bond acceptors (Lipinski definition) is 5. The number of nitrogens with zero attached hydrogens (tertiary/aromatic N) is 4. The molecule has 2 aromatic heterocycles. The SMILES string of the molecule is Cc1nnc2c(NC(CC(C)C)C(=O)O)nccn12. The van der Waals surface area contributed by atoms with E-state index in [0.29, 0.717) is 17.9 Å². The first-order valence-corrected chi connectivity index (χ1v) is 6.14. The minimum atomic E-state index is -0.895. The average molecular weight is 263 g/mol. The Morgan fingerprint density at radius 1 is 1.47 bits per heavy atom. The molecule has 7 nitrogen and oxygen atoms in total. The third-order valence-corrected chi connectivity index (χ3v) is 2.81. The Morgan fingerprint density at radius 3 is 2.84 bits per heavy atom. The zero-order valence-corrected chi connectivity index (χ0v) is 11.2. The Morgan fingerprint density at radius 2 is 2.21 bits per heavy atom. The van der Waals surface area contributed by atoms with Crippen LogP contribution in [0, 0.1) is 12.8 Å². The van der Waals surface area contributed by atoms with Crippen LogP contribution in [0.3, 0.4) is 0 Å². The standard InChI is InChI=1S/C12H17N5O2/c1-7(2)6-9(12(18)19)14-10-11-16-15-8(3)17(11)5-4-13-10/h4-5,7,9H,6H2,1-3H3,(H,13,14)(H,18,19). The van der Waals surface area contributed by atoms with E-state index in [1.807, 2.05) is 20.8 Å². The highest BCUT2D eigenvalue weighted by molar-refractivity contribution is 5.78. The minimum absolute atomic E-state index is 0.271. The number of nitrogens with one attached hydrogen (secondary N) is 1. The van der Waals surface area contributed by atoms with Crippen molar-refractivity contribution in [2.75, 3.05) is 5.32 Å². The summed E-state index contributed by atoms with van der Waals surface area (Å²) in [5, 5.41) is 20.1. The number of hydrogen-bond donors (Lipinski definition) is 2. The highest BCUT2D eigenvalue weighted by Gasteiger charge is 2.20. The lowest BCUT2D eigenvalue weighted by atomic mass is 10.0. The lowest BCUT2D eigenvalue weighted by Gasteiger charge is -2.17. The summed E-state index contributed by atoms with van der Waals surface area (Å²) in [7, 11) is 0. The van der Waals surface area contributed by atoms with Crippen LogP contribution in [-0.4, -0.2) is 36.7 Å². The van der Waals surface area contributed by atoms with Crippen LogP contribution in [0.25, 0.3) is 5.65 Å². The number of carboxylic acid groups (broad SMARTS) is 1. The second-order valence-corrected chi connectivity index (χ2v) is 4.88. The third kappa shape index (κ3) is 2.81. The molecule has 2 N–H and O–H groups in total. The molecule has 0 aliphatic carbocycles. The maximum atomic E-state index is 11.2. The molecular formula is C12H17N5O2. The van der Waals surface area contributed by atoms with Gasteiger partial charge in [-0.15, -0.1) is 10.2 Å². The number of carbonyl (C=O) groups is 1. The van der Waals surface area contributed by atoms with Crippen molar-refractivity contribution in [3.05, 3.63) is 18.2 Å². The molecule has 0 aromatic carbocycles. The largest absolute Gasteiger partial charge is 0.480 e. The van der Waals surface area contributed by atoms with Gasteiger partial charge in [0, 0.05) is 12.4 Å².